The molecule has 3 nitrogen and oxygen atoms in total. The SMILES string of the molecule is CC1(C)CNC(=O)C1=O. The standard InChI is InChI=1S/C6H9NO2/c1-6(2)3-7-5(9)4(6)8/h3H2,1-2H3,(H,7,9). The van der Waals surface area contributed by atoms with Crippen molar-refractivity contribution in [1.29, 1.82) is 0 Å². The Labute approximate surface area is 53.4 Å². The predicted molar refractivity (Wildman–Crippen MR) is 31.8 cm³/mol. The number of hydrogen-bond donors (Lipinski definition) is 1. The van der Waals surface area contributed by atoms with Crippen LogP contribution < -0.4 is 5.32 Å². The Morgan fingerprint density at radius 3 is 2.11 bits per heavy atom. The van der Waals surface area contributed by atoms with Gasteiger partial charge in [0.1, 0.15) is 0 Å². The lowest BCUT2D eigenvalue weighted by atomic mass is 9.92. The molecule has 0 aromatic carbocycles. The highest BCUT2D eigenvalue weighted by molar-refractivity contribution is 6.40. The van der Waals surface area contributed by atoms with Gasteiger partial charge >= 0.3 is 0 Å². The van der Waals surface area contributed by atoms with Crippen LogP contribution in [0.2, 0.25) is 0 Å². The molecule has 50 valence electrons. The van der Waals surface area contributed by atoms with Crippen LogP contribution in [0.15, 0.2) is 0 Å². The minimum absolute atomic E-state index is 0.303. The van der Waals surface area contributed by atoms with Crippen LogP contribution in [0.3, 0.4) is 0 Å². The Kier molecular flexibility index (Phi) is 1.08. The maximum absolute atomic E-state index is 10.8. The van der Waals surface area contributed by atoms with E-state index in [2.05, 4.69) is 5.32 Å². The average molecular weight is 127 g/mol. The van der Waals surface area contributed by atoms with Crippen molar-refractivity contribution in [2.45, 2.75) is 13.8 Å². The second kappa shape index (κ2) is 1.56. The zero-order valence-electron chi connectivity index (χ0n) is 5.52. The van der Waals surface area contributed by atoms with Gasteiger partial charge < -0.3 is 5.32 Å². The van der Waals surface area contributed by atoms with Crippen molar-refractivity contribution in [3.05, 3.63) is 0 Å². The van der Waals surface area contributed by atoms with Gasteiger partial charge in [0.2, 0.25) is 5.78 Å². The molecule has 1 N–H and O–H groups in total. The minimum atomic E-state index is -0.475. The van der Waals surface area contributed by atoms with Crippen LogP contribution in [0.4, 0.5) is 0 Å². The quantitative estimate of drug-likeness (QED) is 0.454. The molecule has 1 aliphatic rings. The molecule has 1 saturated heterocycles. The van der Waals surface area contributed by atoms with E-state index in [1.807, 2.05) is 0 Å². The molecule has 0 saturated carbocycles. The minimum Gasteiger partial charge on any atom is -0.348 e. The average Bonchev–Trinajstić information content (AvgIpc) is 1.97. The summed E-state index contributed by atoms with van der Waals surface area (Å²) in [6.07, 6.45) is 0. The van der Waals surface area contributed by atoms with Crippen LogP contribution >= 0.6 is 0 Å². The van der Waals surface area contributed by atoms with Crippen molar-refractivity contribution in [2.75, 3.05) is 6.54 Å². The Bertz CT molecular complexity index is 172. The predicted octanol–water partition coefficient (Wildman–Crippen LogP) is -0.289. The summed E-state index contributed by atoms with van der Waals surface area (Å²) < 4.78 is 0. The van der Waals surface area contributed by atoms with Crippen molar-refractivity contribution < 1.29 is 9.59 Å². The first-order chi connectivity index (χ1) is 4.04. The molecule has 1 rings (SSSR count). The first-order valence-electron chi connectivity index (χ1n) is 2.87. The monoisotopic (exact) mass is 127 g/mol. The molecular formula is C6H9NO2. The Morgan fingerprint density at radius 1 is 1.44 bits per heavy atom. The maximum Gasteiger partial charge on any atom is 0.288 e. The lowest BCUT2D eigenvalue weighted by molar-refractivity contribution is -0.138. The Balaban J connectivity index is 2.86. The second-order valence-corrected chi connectivity index (χ2v) is 2.90. The molecule has 1 aliphatic heterocycles. The third-order valence-electron chi connectivity index (χ3n) is 1.51. The molecule has 1 heterocycles. The molecule has 0 bridgehead atoms. The van der Waals surface area contributed by atoms with E-state index in [1.54, 1.807) is 13.8 Å². The molecule has 9 heavy (non-hydrogen) atoms. The summed E-state index contributed by atoms with van der Waals surface area (Å²) in [5.41, 5.74) is -0.475. The Morgan fingerprint density at radius 2 is 2.00 bits per heavy atom. The fraction of sp³-hybridized carbons (Fsp3) is 0.667. The molecule has 0 aliphatic carbocycles. The fourth-order valence-electron chi connectivity index (χ4n) is 0.769. The van der Waals surface area contributed by atoms with E-state index in [0.29, 0.717) is 6.54 Å². The van der Waals surface area contributed by atoms with E-state index in [9.17, 15) is 9.59 Å². The molecular weight excluding hydrogens is 118 g/mol. The second-order valence-electron chi connectivity index (χ2n) is 2.90. The van der Waals surface area contributed by atoms with Gasteiger partial charge in [0.15, 0.2) is 0 Å². The van der Waals surface area contributed by atoms with E-state index in [4.69, 9.17) is 0 Å². The van der Waals surface area contributed by atoms with Gasteiger partial charge in [-0.15, -0.1) is 0 Å². The number of nitrogens with one attached hydrogen (secondary N) is 1. The number of amides is 1. The van der Waals surface area contributed by atoms with Crippen LogP contribution in [0, 0.1) is 5.41 Å². The van der Waals surface area contributed by atoms with Gasteiger partial charge in [0.05, 0.1) is 5.41 Å². The molecule has 0 radical (unpaired) electrons. The van der Waals surface area contributed by atoms with E-state index >= 15 is 0 Å². The van der Waals surface area contributed by atoms with Gasteiger partial charge in [-0.25, -0.2) is 0 Å². The van der Waals surface area contributed by atoms with E-state index in [-0.39, 0.29) is 5.78 Å². The zero-order valence-corrected chi connectivity index (χ0v) is 5.52. The highest BCUT2D eigenvalue weighted by Gasteiger charge is 2.39. The van der Waals surface area contributed by atoms with Gasteiger partial charge in [-0.3, -0.25) is 9.59 Å². The van der Waals surface area contributed by atoms with Crippen LogP contribution in [0.5, 0.6) is 0 Å². The van der Waals surface area contributed by atoms with E-state index < -0.39 is 11.3 Å². The summed E-state index contributed by atoms with van der Waals surface area (Å²) in [7, 11) is 0. The largest absolute Gasteiger partial charge is 0.348 e. The molecule has 0 spiro atoms. The summed E-state index contributed by atoms with van der Waals surface area (Å²) in [5.74, 6) is -0.748. The van der Waals surface area contributed by atoms with Crippen molar-refractivity contribution in [3.8, 4) is 0 Å². The molecule has 0 unspecified atom stereocenters. The summed E-state index contributed by atoms with van der Waals surface area (Å²) in [5, 5.41) is 2.47. The van der Waals surface area contributed by atoms with Crippen LogP contribution in [-0.4, -0.2) is 18.2 Å². The number of ketones is 1. The lowest BCUT2D eigenvalue weighted by Crippen LogP contribution is -2.23. The number of hydrogen-bond acceptors (Lipinski definition) is 2. The van der Waals surface area contributed by atoms with Gasteiger partial charge in [-0.2, -0.15) is 0 Å². The van der Waals surface area contributed by atoms with Crippen LogP contribution in [0.25, 0.3) is 0 Å². The number of carbonyl (C=O) groups is 2. The number of rotatable bonds is 0. The van der Waals surface area contributed by atoms with E-state index in [0.717, 1.165) is 0 Å². The first kappa shape index (κ1) is 6.26. The first-order valence-corrected chi connectivity index (χ1v) is 2.87. The summed E-state index contributed by atoms with van der Waals surface area (Å²) in [4.78, 5) is 21.3. The molecule has 1 amide bonds. The molecule has 0 aromatic rings. The van der Waals surface area contributed by atoms with Crippen molar-refractivity contribution in [1.82, 2.24) is 5.32 Å². The van der Waals surface area contributed by atoms with E-state index in [1.165, 1.54) is 0 Å². The third kappa shape index (κ3) is 0.823. The number of carbonyl (C=O) groups excluding carboxylic acids is 2. The van der Waals surface area contributed by atoms with Gasteiger partial charge in [-0.05, 0) is 0 Å². The molecule has 1 fully saturated rings. The van der Waals surface area contributed by atoms with Gasteiger partial charge in [-0.1, -0.05) is 13.8 Å². The zero-order chi connectivity index (χ0) is 7.07. The van der Waals surface area contributed by atoms with Gasteiger partial charge in [0.25, 0.3) is 5.91 Å². The normalized spacial score (nSPS) is 24.2. The molecule has 0 aromatic heterocycles. The van der Waals surface area contributed by atoms with Crippen molar-refractivity contribution in [3.63, 3.8) is 0 Å². The fourth-order valence-corrected chi connectivity index (χ4v) is 0.769. The summed E-state index contributed by atoms with van der Waals surface area (Å²) in [6.45, 7) is 3.99. The third-order valence-corrected chi connectivity index (χ3v) is 1.51. The van der Waals surface area contributed by atoms with Crippen molar-refractivity contribution in [2.24, 2.45) is 5.41 Å². The summed E-state index contributed by atoms with van der Waals surface area (Å²) >= 11 is 0. The molecule has 3 heteroatoms. The highest BCUT2D eigenvalue weighted by Crippen LogP contribution is 2.19. The van der Waals surface area contributed by atoms with Crippen molar-refractivity contribution >= 4 is 11.7 Å². The van der Waals surface area contributed by atoms with Gasteiger partial charge in [0, 0.05) is 6.54 Å². The maximum atomic E-state index is 10.8. The van der Waals surface area contributed by atoms with Crippen LogP contribution in [-0.2, 0) is 9.59 Å². The lowest BCUT2D eigenvalue weighted by Gasteiger charge is -2.09. The highest BCUT2D eigenvalue weighted by atomic mass is 16.2. The topological polar surface area (TPSA) is 46.2 Å². The molecule has 0 atom stereocenters. The number of Topliss-reactive ketones (excluding diaryl/α,β-unsaturated/α-hetero) is 1. The smallest absolute Gasteiger partial charge is 0.288 e. The Hall–Kier alpha value is -0.860. The summed E-state index contributed by atoms with van der Waals surface area (Å²) in [6, 6.07) is 0. The van der Waals surface area contributed by atoms with Crippen LogP contribution in [0.1, 0.15) is 13.8 Å².